The number of aryl methyl sites for hydroxylation is 2. The summed E-state index contributed by atoms with van der Waals surface area (Å²) >= 11 is 0. The zero-order chi connectivity index (χ0) is 16.6. The molecule has 0 saturated heterocycles. The van der Waals surface area contributed by atoms with E-state index < -0.39 is 0 Å². The molecule has 0 spiro atoms. The van der Waals surface area contributed by atoms with Gasteiger partial charge >= 0.3 is 0 Å². The van der Waals surface area contributed by atoms with Crippen molar-refractivity contribution in [3.63, 3.8) is 0 Å². The molecule has 1 rings (SSSR count). The number of hydrogen-bond acceptors (Lipinski definition) is 0. The summed E-state index contributed by atoms with van der Waals surface area (Å²) in [5.74, 6) is 0. The average Bonchev–Trinajstić information content (AvgIpc) is 2.53. The van der Waals surface area contributed by atoms with Crippen molar-refractivity contribution in [2.45, 2.75) is 41.5 Å². The Morgan fingerprint density at radius 3 is 1.15 bits per heavy atom. The second kappa shape index (κ2) is 17.2. The maximum absolute atomic E-state index is 3.66. The summed E-state index contributed by atoms with van der Waals surface area (Å²) in [6, 6.07) is 8.36. The largest absolute Gasteiger partial charge is 0.0985 e. The van der Waals surface area contributed by atoms with E-state index in [0.29, 0.717) is 0 Å². The fourth-order valence-electron chi connectivity index (χ4n) is 0.925. The molecule has 0 amide bonds. The lowest BCUT2D eigenvalue weighted by atomic mass is 10.1. The van der Waals surface area contributed by atoms with Gasteiger partial charge in [0.1, 0.15) is 0 Å². The first kappa shape index (κ1) is 23.3. The van der Waals surface area contributed by atoms with Crippen LogP contribution in [0.4, 0.5) is 0 Å². The smallest absolute Gasteiger partial charge is 0.0268 e. The molecule has 0 aromatic heterocycles. The number of hydrogen-bond donors (Lipinski definition) is 0. The van der Waals surface area contributed by atoms with Crippen LogP contribution in [-0.4, -0.2) is 0 Å². The third-order valence-corrected chi connectivity index (χ3v) is 2.33. The first-order valence-electron chi connectivity index (χ1n) is 7.18. The summed E-state index contributed by atoms with van der Waals surface area (Å²) in [4.78, 5) is 0. The molecule has 0 atom stereocenters. The predicted octanol–water partition coefficient (Wildman–Crippen LogP) is 6.83. The molecule has 0 aliphatic heterocycles. The lowest BCUT2D eigenvalue weighted by Gasteiger charge is -1.93. The molecule has 1 aromatic carbocycles. The molecule has 0 N–H and O–H groups in total. The van der Waals surface area contributed by atoms with Gasteiger partial charge in [0.15, 0.2) is 0 Å². The third-order valence-electron chi connectivity index (χ3n) is 2.33. The first-order chi connectivity index (χ1) is 9.52. The minimum atomic E-state index is 0.833. The topological polar surface area (TPSA) is 0 Å². The predicted molar refractivity (Wildman–Crippen MR) is 97.3 cm³/mol. The van der Waals surface area contributed by atoms with Crippen LogP contribution in [0.3, 0.4) is 0 Å². The highest BCUT2D eigenvalue weighted by Gasteiger charge is 1.85. The molecule has 0 aliphatic rings. The van der Waals surface area contributed by atoms with E-state index in [2.05, 4.69) is 64.4 Å². The number of rotatable bonds is 3. The summed E-state index contributed by atoms with van der Waals surface area (Å²) in [6.45, 7) is 26.6. The van der Waals surface area contributed by atoms with Gasteiger partial charge < -0.3 is 0 Å². The van der Waals surface area contributed by atoms with Crippen molar-refractivity contribution in [2.24, 2.45) is 0 Å². The van der Waals surface area contributed by atoms with Gasteiger partial charge in [-0.25, -0.2) is 0 Å². The minimum Gasteiger partial charge on any atom is -0.0985 e. The summed E-state index contributed by atoms with van der Waals surface area (Å²) in [5.41, 5.74) is 4.40. The van der Waals surface area contributed by atoms with E-state index in [1.165, 1.54) is 11.1 Å². The van der Waals surface area contributed by atoms with Gasteiger partial charge in [0.05, 0.1) is 0 Å². The molecule has 20 heavy (non-hydrogen) atoms. The number of benzene rings is 1. The SMILES string of the molecule is C=CC(=C)C(=C)C=C.CC.CC.Cc1ccccc1C. The van der Waals surface area contributed by atoms with Gasteiger partial charge in [0, 0.05) is 0 Å². The van der Waals surface area contributed by atoms with Gasteiger partial charge in [0.25, 0.3) is 0 Å². The highest BCUT2D eigenvalue weighted by Crippen LogP contribution is 2.04. The second-order valence-electron chi connectivity index (χ2n) is 3.54. The van der Waals surface area contributed by atoms with Crippen LogP contribution in [0.1, 0.15) is 38.8 Å². The van der Waals surface area contributed by atoms with Crippen LogP contribution in [0.5, 0.6) is 0 Å². The van der Waals surface area contributed by atoms with Crippen LogP contribution < -0.4 is 0 Å². The lowest BCUT2D eigenvalue weighted by molar-refractivity contribution is 1.34. The Kier molecular flexibility index (Phi) is 20.0. The third kappa shape index (κ3) is 12.6. The van der Waals surface area contributed by atoms with Crippen LogP contribution >= 0.6 is 0 Å². The molecular weight excluding hydrogens is 240 g/mol. The van der Waals surface area contributed by atoms with E-state index in [1.807, 2.05) is 27.7 Å². The van der Waals surface area contributed by atoms with Crippen molar-refractivity contribution in [1.29, 1.82) is 0 Å². The van der Waals surface area contributed by atoms with Gasteiger partial charge in [-0.15, -0.1) is 0 Å². The Labute approximate surface area is 127 Å². The second-order valence-corrected chi connectivity index (χ2v) is 3.54. The summed E-state index contributed by atoms with van der Waals surface area (Å²) in [6.07, 6.45) is 3.31. The van der Waals surface area contributed by atoms with Gasteiger partial charge in [-0.05, 0) is 36.1 Å². The maximum atomic E-state index is 3.66. The van der Waals surface area contributed by atoms with Crippen LogP contribution in [0.25, 0.3) is 0 Å². The van der Waals surface area contributed by atoms with E-state index in [9.17, 15) is 0 Å². The Hall–Kier alpha value is -1.82. The maximum Gasteiger partial charge on any atom is -0.0268 e. The van der Waals surface area contributed by atoms with E-state index in [1.54, 1.807) is 12.2 Å². The van der Waals surface area contributed by atoms with E-state index in [-0.39, 0.29) is 0 Å². The Morgan fingerprint density at radius 1 is 0.750 bits per heavy atom. The quantitative estimate of drug-likeness (QED) is 0.529. The van der Waals surface area contributed by atoms with Crippen molar-refractivity contribution in [3.8, 4) is 0 Å². The molecule has 0 unspecified atom stereocenters. The van der Waals surface area contributed by atoms with E-state index in [0.717, 1.165) is 11.1 Å². The zero-order valence-corrected chi connectivity index (χ0v) is 14.3. The molecule has 0 heterocycles. The summed E-state index contributed by atoms with van der Waals surface area (Å²) in [7, 11) is 0. The van der Waals surface area contributed by atoms with Crippen molar-refractivity contribution in [3.05, 3.63) is 85.0 Å². The summed E-state index contributed by atoms with van der Waals surface area (Å²) < 4.78 is 0. The van der Waals surface area contributed by atoms with Crippen molar-refractivity contribution < 1.29 is 0 Å². The highest BCUT2D eigenvalue weighted by molar-refractivity contribution is 5.40. The summed E-state index contributed by atoms with van der Waals surface area (Å²) in [5, 5.41) is 0. The molecule has 0 nitrogen and oxygen atoms in total. The average molecular weight is 272 g/mol. The fourth-order valence-corrected chi connectivity index (χ4v) is 0.925. The standard InChI is InChI=1S/2C8H10.2C2H6/c1-7-5-3-4-6-8(7)2;1-5-7(3)8(4)6-2;2*1-2/h3-6H,1-2H3;5-6H,1-4H2;2*1-2H3. The van der Waals surface area contributed by atoms with Gasteiger partial charge in [-0.2, -0.15) is 0 Å². The first-order valence-corrected chi connectivity index (χ1v) is 7.18. The molecule has 0 radical (unpaired) electrons. The van der Waals surface area contributed by atoms with Crippen molar-refractivity contribution >= 4 is 0 Å². The van der Waals surface area contributed by atoms with Crippen LogP contribution in [-0.2, 0) is 0 Å². The normalized spacial score (nSPS) is 7.30. The molecule has 0 bridgehead atoms. The Balaban J connectivity index is -0.000000231. The van der Waals surface area contributed by atoms with Crippen LogP contribution in [0.15, 0.2) is 73.9 Å². The van der Waals surface area contributed by atoms with Gasteiger partial charge in [0.2, 0.25) is 0 Å². The lowest BCUT2D eigenvalue weighted by Crippen LogP contribution is -1.74. The molecule has 0 aliphatic carbocycles. The van der Waals surface area contributed by atoms with Crippen molar-refractivity contribution in [2.75, 3.05) is 0 Å². The van der Waals surface area contributed by atoms with E-state index in [4.69, 9.17) is 0 Å². The Morgan fingerprint density at radius 2 is 1.00 bits per heavy atom. The molecule has 0 fully saturated rings. The zero-order valence-electron chi connectivity index (χ0n) is 14.3. The van der Waals surface area contributed by atoms with Gasteiger partial charge in [-0.3, -0.25) is 0 Å². The molecular formula is C20H32. The molecule has 0 saturated carbocycles. The molecule has 0 heteroatoms. The monoisotopic (exact) mass is 272 g/mol. The van der Waals surface area contributed by atoms with Gasteiger partial charge in [-0.1, -0.05) is 90.4 Å². The van der Waals surface area contributed by atoms with Crippen LogP contribution in [0.2, 0.25) is 0 Å². The number of allylic oxidation sites excluding steroid dienone is 4. The highest BCUT2D eigenvalue weighted by atomic mass is 13.9. The minimum absolute atomic E-state index is 0.833. The fraction of sp³-hybridized carbons (Fsp3) is 0.300. The van der Waals surface area contributed by atoms with E-state index >= 15 is 0 Å². The molecule has 112 valence electrons. The Bertz CT molecular complexity index is 355. The van der Waals surface area contributed by atoms with Crippen molar-refractivity contribution in [1.82, 2.24) is 0 Å². The van der Waals surface area contributed by atoms with Crippen LogP contribution in [0, 0.1) is 13.8 Å². The molecule has 1 aromatic rings.